The number of imidazole rings is 1. The van der Waals surface area contributed by atoms with Crippen LogP contribution in [0.5, 0.6) is 5.75 Å². The number of aliphatic imine (C=N–C) groups is 1. The van der Waals surface area contributed by atoms with E-state index in [4.69, 9.17) is 9.47 Å². The number of methoxy groups -OCH3 is 2. The number of hydrogen-bond acceptors (Lipinski definition) is 5. The van der Waals surface area contributed by atoms with Crippen LogP contribution in [0.1, 0.15) is 29.8 Å². The van der Waals surface area contributed by atoms with E-state index in [2.05, 4.69) is 9.98 Å². The Balaban J connectivity index is 1.65. The molecule has 1 aliphatic rings. The lowest BCUT2D eigenvalue weighted by molar-refractivity contribution is -0.124. The minimum absolute atomic E-state index is 0.190. The van der Waals surface area contributed by atoms with Crippen LogP contribution in [0.25, 0.3) is 11.8 Å². The average molecular weight is 434 g/mol. The summed E-state index contributed by atoms with van der Waals surface area (Å²) in [5, 5.41) is 0. The summed E-state index contributed by atoms with van der Waals surface area (Å²) in [5.74, 6) is -0.000192. The monoisotopic (exact) mass is 434 g/mol. The molecule has 2 aromatic carbocycles. The average Bonchev–Trinajstić information content (AvgIpc) is 3.36. The van der Waals surface area contributed by atoms with Gasteiger partial charge in [0.1, 0.15) is 17.3 Å². The molecular weight excluding hydrogens is 411 g/mol. The first-order valence-corrected chi connectivity index (χ1v) is 10.0. The topological polar surface area (TPSA) is 69.0 Å². The number of benzene rings is 2. The molecule has 1 atom stereocenters. The molecule has 0 N–H and O–H groups in total. The molecule has 0 saturated carbocycles. The Labute approximate surface area is 185 Å². The molecule has 7 nitrogen and oxygen atoms in total. The van der Waals surface area contributed by atoms with E-state index in [9.17, 15) is 9.18 Å². The molecule has 1 aromatic heterocycles. The van der Waals surface area contributed by atoms with Crippen molar-refractivity contribution in [1.82, 2.24) is 14.5 Å². The Hall–Kier alpha value is -3.94. The predicted molar refractivity (Wildman–Crippen MR) is 119 cm³/mol. The Morgan fingerprint density at radius 1 is 1.09 bits per heavy atom. The zero-order chi connectivity index (χ0) is 22.8. The second-order valence-electron chi connectivity index (χ2n) is 7.38. The molecule has 164 valence electrons. The van der Waals surface area contributed by atoms with Crippen molar-refractivity contribution in [2.24, 2.45) is 4.99 Å². The zero-order valence-electron chi connectivity index (χ0n) is 18.2. The molecule has 0 fully saturated rings. The molecule has 0 bridgehead atoms. The van der Waals surface area contributed by atoms with Gasteiger partial charge in [0.2, 0.25) is 0 Å². The normalized spacial score (nSPS) is 15.8. The van der Waals surface area contributed by atoms with Crippen LogP contribution in [0.4, 0.5) is 4.39 Å². The second kappa shape index (κ2) is 8.66. The molecule has 0 saturated heterocycles. The highest BCUT2D eigenvalue weighted by molar-refractivity contribution is 6.12. The number of aromatic nitrogens is 2. The molecule has 0 radical (unpaired) electrons. The summed E-state index contributed by atoms with van der Waals surface area (Å²) in [7, 11) is 3.05. The summed E-state index contributed by atoms with van der Waals surface area (Å²) < 4.78 is 26.1. The van der Waals surface area contributed by atoms with E-state index in [0.29, 0.717) is 5.75 Å². The van der Waals surface area contributed by atoms with E-state index in [-0.39, 0.29) is 29.5 Å². The first-order chi connectivity index (χ1) is 15.4. The molecule has 1 amide bonds. The maximum Gasteiger partial charge on any atom is 0.300 e. The van der Waals surface area contributed by atoms with Crippen molar-refractivity contribution < 1.29 is 18.7 Å². The Morgan fingerprint density at radius 2 is 1.84 bits per heavy atom. The summed E-state index contributed by atoms with van der Waals surface area (Å²) in [5.41, 5.74) is 3.49. The molecule has 32 heavy (non-hydrogen) atoms. The highest BCUT2D eigenvalue weighted by Gasteiger charge is 2.35. The number of carbonyl (C=O) groups excluding carboxylic acids is 1. The van der Waals surface area contributed by atoms with E-state index in [0.717, 1.165) is 22.5 Å². The van der Waals surface area contributed by atoms with E-state index >= 15 is 0 Å². The number of carbonyl (C=O) groups is 1. The summed E-state index contributed by atoms with van der Waals surface area (Å²) in [6.45, 7) is 3.76. The van der Waals surface area contributed by atoms with E-state index < -0.39 is 0 Å². The molecular formula is C24H23FN4O3. The number of aryl methyl sites for hydroxylation is 1. The van der Waals surface area contributed by atoms with Gasteiger partial charge in [-0.15, -0.1) is 0 Å². The number of halogens is 1. The van der Waals surface area contributed by atoms with Gasteiger partial charge < -0.3 is 14.0 Å². The van der Waals surface area contributed by atoms with Crippen LogP contribution in [-0.2, 0) is 9.53 Å². The van der Waals surface area contributed by atoms with Crippen LogP contribution in [0.2, 0.25) is 0 Å². The highest BCUT2D eigenvalue weighted by Crippen LogP contribution is 2.30. The number of amidine groups is 1. The summed E-state index contributed by atoms with van der Waals surface area (Å²) in [6.07, 6.45) is 5.31. The van der Waals surface area contributed by atoms with Crippen LogP contribution in [-0.4, -0.2) is 40.6 Å². The molecule has 0 spiro atoms. The third kappa shape index (κ3) is 3.99. The van der Waals surface area contributed by atoms with Gasteiger partial charge in [0.15, 0.2) is 0 Å². The molecule has 1 unspecified atom stereocenters. The maximum atomic E-state index is 13.3. The largest absolute Gasteiger partial charge is 0.495 e. The van der Waals surface area contributed by atoms with Gasteiger partial charge in [-0.05, 0) is 55.3 Å². The lowest BCUT2D eigenvalue weighted by Gasteiger charge is -2.24. The van der Waals surface area contributed by atoms with E-state index in [1.807, 2.05) is 42.8 Å². The molecule has 1 aliphatic heterocycles. The number of amides is 1. The van der Waals surface area contributed by atoms with Crippen molar-refractivity contribution in [2.75, 3.05) is 14.2 Å². The number of hydrogen-bond donors (Lipinski definition) is 0. The van der Waals surface area contributed by atoms with Crippen LogP contribution in [0.3, 0.4) is 0 Å². The van der Waals surface area contributed by atoms with Gasteiger partial charge in [0, 0.05) is 6.20 Å². The SMILES string of the molecule is COC1=N/C(=C\c2ccc(-n3cnc(C)c3)c(OC)c2)C(=O)N1C(C)c1ccc(F)cc1. The third-order valence-corrected chi connectivity index (χ3v) is 5.28. The number of rotatable bonds is 5. The molecule has 3 aromatic rings. The highest BCUT2D eigenvalue weighted by atomic mass is 19.1. The number of ether oxygens (including phenoxy) is 2. The standard InChI is InChI=1S/C24H23FN4O3/c1-15-13-28(14-26-15)21-10-5-17(12-22(21)31-3)11-20-23(30)29(24(27-20)32-4)16(2)18-6-8-19(25)9-7-18/h5-14,16H,1-4H3/b20-11-. The Morgan fingerprint density at radius 3 is 2.47 bits per heavy atom. The fraction of sp³-hybridized carbons (Fsp3) is 0.208. The van der Waals surface area contributed by atoms with Gasteiger partial charge in [-0.25, -0.2) is 9.37 Å². The van der Waals surface area contributed by atoms with E-state index in [1.54, 1.807) is 31.6 Å². The van der Waals surface area contributed by atoms with Gasteiger partial charge in [0.25, 0.3) is 11.9 Å². The van der Waals surface area contributed by atoms with Gasteiger partial charge in [-0.2, -0.15) is 4.99 Å². The third-order valence-electron chi connectivity index (χ3n) is 5.28. The fourth-order valence-electron chi connectivity index (χ4n) is 3.59. The number of nitrogens with zero attached hydrogens (tertiary/aromatic N) is 4. The quantitative estimate of drug-likeness (QED) is 0.563. The maximum absolute atomic E-state index is 13.3. The first-order valence-electron chi connectivity index (χ1n) is 10.0. The minimum atomic E-state index is -0.380. The van der Waals surface area contributed by atoms with Crippen LogP contribution in [0, 0.1) is 12.7 Å². The van der Waals surface area contributed by atoms with Crippen molar-refractivity contribution in [2.45, 2.75) is 19.9 Å². The summed E-state index contributed by atoms with van der Waals surface area (Å²) >= 11 is 0. The molecule has 0 aliphatic carbocycles. The summed E-state index contributed by atoms with van der Waals surface area (Å²) in [4.78, 5) is 23.2. The van der Waals surface area contributed by atoms with Gasteiger partial charge in [0.05, 0.1) is 38.0 Å². The van der Waals surface area contributed by atoms with Crippen molar-refractivity contribution in [3.05, 3.63) is 83.3 Å². The van der Waals surface area contributed by atoms with Crippen molar-refractivity contribution in [3.8, 4) is 11.4 Å². The lowest BCUT2D eigenvalue weighted by atomic mass is 10.1. The van der Waals surface area contributed by atoms with E-state index in [1.165, 1.54) is 24.1 Å². The smallest absolute Gasteiger partial charge is 0.300 e. The molecule has 4 rings (SSSR count). The van der Waals surface area contributed by atoms with Crippen molar-refractivity contribution in [3.63, 3.8) is 0 Å². The zero-order valence-corrected chi connectivity index (χ0v) is 18.2. The van der Waals surface area contributed by atoms with Gasteiger partial charge in [-0.3, -0.25) is 9.69 Å². The summed E-state index contributed by atoms with van der Waals surface area (Å²) in [6, 6.07) is 11.4. The predicted octanol–water partition coefficient (Wildman–Crippen LogP) is 4.28. The van der Waals surface area contributed by atoms with Crippen LogP contribution >= 0.6 is 0 Å². The van der Waals surface area contributed by atoms with Gasteiger partial charge in [-0.1, -0.05) is 18.2 Å². The molecule has 2 heterocycles. The minimum Gasteiger partial charge on any atom is -0.495 e. The van der Waals surface area contributed by atoms with Crippen LogP contribution < -0.4 is 4.74 Å². The van der Waals surface area contributed by atoms with Crippen molar-refractivity contribution >= 4 is 18.0 Å². The lowest BCUT2D eigenvalue weighted by Crippen LogP contribution is -2.35. The van der Waals surface area contributed by atoms with Crippen LogP contribution in [0.15, 0.2) is 65.7 Å². The van der Waals surface area contributed by atoms with Gasteiger partial charge >= 0.3 is 0 Å². The fourth-order valence-corrected chi connectivity index (χ4v) is 3.59. The van der Waals surface area contributed by atoms with Crippen molar-refractivity contribution in [1.29, 1.82) is 0 Å². The second-order valence-corrected chi connectivity index (χ2v) is 7.38. The Kier molecular flexibility index (Phi) is 5.77. The Bertz CT molecular complexity index is 1210. The molecule has 8 heteroatoms. The first kappa shape index (κ1) is 21.3.